The summed E-state index contributed by atoms with van der Waals surface area (Å²) in [6.45, 7) is 3.84. The molecule has 1 aliphatic rings. The number of aromatic nitrogens is 3. The number of rotatable bonds is 4. The van der Waals surface area contributed by atoms with Crippen molar-refractivity contribution in [1.29, 1.82) is 0 Å². The number of aryl methyl sites for hydroxylation is 1. The van der Waals surface area contributed by atoms with Gasteiger partial charge in [-0.3, -0.25) is 4.79 Å². The van der Waals surface area contributed by atoms with Crippen LogP contribution in [0.25, 0.3) is 11.2 Å². The van der Waals surface area contributed by atoms with Crippen molar-refractivity contribution in [2.75, 3.05) is 0 Å². The number of hydrogen-bond donors (Lipinski definition) is 2. The topological polar surface area (TPSA) is 79.9 Å². The minimum atomic E-state index is -0.171. The SMILES string of the molecule is CC(C)NC(=O)c1c[nH]c2ncc(Oc3cccc4c3CCCC4)nc12. The molecule has 2 aromatic heterocycles. The van der Waals surface area contributed by atoms with E-state index in [0.29, 0.717) is 22.6 Å². The molecule has 0 saturated carbocycles. The summed E-state index contributed by atoms with van der Waals surface area (Å²) >= 11 is 0. The van der Waals surface area contributed by atoms with Crippen LogP contribution in [0.2, 0.25) is 0 Å². The molecule has 0 fully saturated rings. The lowest BCUT2D eigenvalue weighted by Gasteiger charge is -2.18. The highest BCUT2D eigenvalue weighted by Gasteiger charge is 2.18. The van der Waals surface area contributed by atoms with E-state index in [2.05, 4.69) is 26.3 Å². The number of ether oxygens (including phenoxy) is 1. The van der Waals surface area contributed by atoms with Gasteiger partial charge < -0.3 is 15.0 Å². The smallest absolute Gasteiger partial charge is 0.255 e. The Morgan fingerprint density at radius 2 is 2.12 bits per heavy atom. The van der Waals surface area contributed by atoms with Gasteiger partial charge in [0.2, 0.25) is 5.88 Å². The average Bonchev–Trinajstić information content (AvgIpc) is 3.05. The first-order valence-electron chi connectivity index (χ1n) is 9.05. The van der Waals surface area contributed by atoms with Crippen molar-refractivity contribution in [3.63, 3.8) is 0 Å². The quantitative estimate of drug-likeness (QED) is 0.751. The third-order valence-corrected chi connectivity index (χ3v) is 4.59. The molecular formula is C20H22N4O2. The van der Waals surface area contributed by atoms with Gasteiger partial charge in [-0.25, -0.2) is 9.97 Å². The van der Waals surface area contributed by atoms with Gasteiger partial charge in [0.05, 0.1) is 11.8 Å². The summed E-state index contributed by atoms with van der Waals surface area (Å²) in [5, 5.41) is 2.88. The van der Waals surface area contributed by atoms with E-state index in [9.17, 15) is 4.79 Å². The van der Waals surface area contributed by atoms with Gasteiger partial charge in [0.1, 0.15) is 11.3 Å². The van der Waals surface area contributed by atoms with Gasteiger partial charge >= 0.3 is 0 Å². The number of nitrogens with one attached hydrogen (secondary N) is 2. The lowest BCUT2D eigenvalue weighted by Crippen LogP contribution is -2.29. The number of nitrogens with zero attached hydrogens (tertiary/aromatic N) is 2. The van der Waals surface area contributed by atoms with Gasteiger partial charge in [0, 0.05) is 12.2 Å². The highest BCUT2D eigenvalue weighted by atomic mass is 16.5. The molecule has 26 heavy (non-hydrogen) atoms. The number of carbonyl (C=O) groups excluding carboxylic acids is 1. The number of aromatic amines is 1. The van der Waals surface area contributed by atoms with Gasteiger partial charge in [0.25, 0.3) is 5.91 Å². The van der Waals surface area contributed by atoms with Crippen LogP contribution >= 0.6 is 0 Å². The van der Waals surface area contributed by atoms with Crippen LogP contribution in [-0.2, 0) is 12.8 Å². The summed E-state index contributed by atoms with van der Waals surface area (Å²) in [5.74, 6) is 1.06. The first-order chi connectivity index (χ1) is 12.6. The van der Waals surface area contributed by atoms with E-state index in [1.807, 2.05) is 26.0 Å². The fraction of sp³-hybridized carbons (Fsp3) is 0.350. The van der Waals surface area contributed by atoms with Gasteiger partial charge in [-0.1, -0.05) is 12.1 Å². The minimum absolute atomic E-state index is 0.0516. The van der Waals surface area contributed by atoms with Crippen molar-refractivity contribution in [2.45, 2.75) is 45.6 Å². The van der Waals surface area contributed by atoms with Crippen molar-refractivity contribution in [2.24, 2.45) is 0 Å². The zero-order valence-electron chi connectivity index (χ0n) is 15.0. The lowest BCUT2D eigenvalue weighted by atomic mass is 9.91. The molecular weight excluding hydrogens is 328 g/mol. The molecule has 0 radical (unpaired) electrons. The van der Waals surface area contributed by atoms with E-state index < -0.39 is 0 Å². The van der Waals surface area contributed by atoms with Crippen LogP contribution < -0.4 is 10.1 Å². The van der Waals surface area contributed by atoms with Gasteiger partial charge in [-0.15, -0.1) is 0 Å². The normalized spacial score (nSPS) is 13.7. The largest absolute Gasteiger partial charge is 0.437 e. The van der Waals surface area contributed by atoms with Crippen LogP contribution in [-0.4, -0.2) is 26.9 Å². The molecule has 0 unspecified atom stereocenters. The summed E-state index contributed by atoms with van der Waals surface area (Å²) in [6, 6.07) is 6.20. The third kappa shape index (κ3) is 3.14. The zero-order valence-corrected chi connectivity index (χ0v) is 15.0. The number of benzene rings is 1. The summed E-state index contributed by atoms with van der Waals surface area (Å²) in [5.41, 5.74) is 4.17. The molecule has 0 spiro atoms. The molecule has 1 aromatic carbocycles. The molecule has 0 saturated heterocycles. The number of hydrogen-bond acceptors (Lipinski definition) is 4. The molecule has 1 amide bonds. The van der Waals surface area contributed by atoms with Gasteiger partial charge in [-0.2, -0.15) is 0 Å². The first kappa shape index (κ1) is 16.6. The van der Waals surface area contributed by atoms with E-state index in [1.54, 1.807) is 12.4 Å². The Balaban J connectivity index is 1.67. The minimum Gasteiger partial charge on any atom is -0.437 e. The van der Waals surface area contributed by atoms with Crippen molar-refractivity contribution < 1.29 is 9.53 Å². The second-order valence-electron chi connectivity index (χ2n) is 6.94. The van der Waals surface area contributed by atoms with E-state index in [1.165, 1.54) is 24.0 Å². The van der Waals surface area contributed by atoms with Crippen LogP contribution in [0.4, 0.5) is 0 Å². The lowest BCUT2D eigenvalue weighted by molar-refractivity contribution is 0.0944. The molecule has 2 heterocycles. The fourth-order valence-corrected chi connectivity index (χ4v) is 3.39. The zero-order chi connectivity index (χ0) is 18.1. The maximum absolute atomic E-state index is 12.4. The molecule has 6 heteroatoms. The summed E-state index contributed by atoms with van der Waals surface area (Å²) in [6.07, 6.45) is 7.74. The predicted molar refractivity (Wildman–Crippen MR) is 99.6 cm³/mol. The Hall–Kier alpha value is -2.89. The standard InChI is InChI=1S/C20H22N4O2/c1-12(2)23-20(25)15-10-21-19-18(15)24-17(11-22-19)26-16-9-5-7-13-6-3-4-8-14(13)16/h5,7,9-12H,3-4,6,8H2,1-2H3,(H,21,22)(H,23,25). The van der Waals surface area contributed by atoms with Crippen LogP contribution in [0, 0.1) is 0 Å². The summed E-state index contributed by atoms with van der Waals surface area (Å²) in [7, 11) is 0. The van der Waals surface area contributed by atoms with Crippen molar-refractivity contribution in [3.05, 3.63) is 47.3 Å². The monoisotopic (exact) mass is 350 g/mol. The van der Waals surface area contributed by atoms with Crippen molar-refractivity contribution in [1.82, 2.24) is 20.3 Å². The van der Waals surface area contributed by atoms with Crippen LogP contribution in [0.1, 0.15) is 48.2 Å². The molecule has 0 atom stereocenters. The highest BCUT2D eigenvalue weighted by Crippen LogP contribution is 2.32. The number of H-pyrrole nitrogens is 1. The maximum atomic E-state index is 12.4. The second kappa shape index (κ2) is 6.78. The molecule has 6 nitrogen and oxygen atoms in total. The Morgan fingerprint density at radius 1 is 1.27 bits per heavy atom. The van der Waals surface area contributed by atoms with Gasteiger partial charge in [0.15, 0.2) is 5.65 Å². The summed E-state index contributed by atoms with van der Waals surface area (Å²) < 4.78 is 6.05. The second-order valence-corrected chi connectivity index (χ2v) is 6.94. The van der Waals surface area contributed by atoms with E-state index in [0.717, 1.165) is 18.6 Å². The van der Waals surface area contributed by atoms with Crippen LogP contribution in [0.5, 0.6) is 11.6 Å². The number of amides is 1. The molecule has 2 N–H and O–H groups in total. The van der Waals surface area contributed by atoms with E-state index in [-0.39, 0.29) is 11.9 Å². The maximum Gasteiger partial charge on any atom is 0.255 e. The average molecular weight is 350 g/mol. The van der Waals surface area contributed by atoms with E-state index in [4.69, 9.17) is 4.74 Å². The predicted octanol–water partition coefficient (Wildman–Crippen LogP) is 3.77. The Labute approximate surface area is 152 Å². The van der Waals surface area contributed by atoms with Crippen molar-refractivity contribution >= 4 is 17.1 Å². The Bertz CT molecular complexity index is 962. The molecule has 134 valence electrons. The molecule has 1 aliphatic carbocycles. The molecule has 0 aliphatic heterocycles. The highest BCUT2D eigenvalue weighted by molar-refractivity contribution is 6.04. The molecule has 0 bridgehead atoms. The summed E-state index contributed by atoms with van der Waals surface area (Å²) in [4.78, 5) is 24.2. The fourth-order valence-electron chi connectivity index (χ4n) is 3.39. The number of carbonyl (C=O) groups is 1. The number of fused-ring (bicyclic) bond motifs is 2. The first-order valence-corrected chi connectivity index (χ1v) is 9.05. The molecule has 4 rings (SSSR count). The Kier molecular flexibility index (Phi) is 4.32. The third-order valence-electron chi connectivity index (χ3n) is 4.59. The van der Waals surface area contributed by atoms with Crippen LogP contribution in [0.3, 0.4) is 0 Å². The van der Waals surface area contributed by atoms with Crippen LogP contribution in [0.15, 0.2) is 30.6 Å². The Morgan fingerprint density at radius 3 is 2.96 bits per heavy atom. The molecule has 3 aromatic rings. The van der Waals surface area contributed by atoms with Gasteiger partial charge in [-0.05, 0) is 56.7 Å². The van der Waals surface area contributed by atoms with E-state index >= 15 is 0 Å². The van der Waals surface area contributed by atoms with Crippen molar-refractivity contribution in [3.8, 4) is 11.6 Å².